The second-order valence-corrected chi connectivity index (χ2v) is 5.22. The molecule has 96 valence electrons. The Hall–Kier alpha value is -1.29. The summed E-state index contributed by atoms with van der Waals surface area (Å²) in [4.78, 5) is 12.0. The van der Waals surface area contributed by atoms with Gasteiger partial charge in [0.15, 0.2) is 0 Å². The minimum Gasteiger partial charge on any atom is -0.466 e. The highest BCUT2D eigenvalue weighted by atomic mass is 16.3. The molecule has 1 aromatic heterocycles. The maximum atomic E-state index is 12.0. The van der Waals surface area contributed by atoms with E-state index >= 15 is 0 Å². The molecule has 0 aliphatic carbocycles. The molecule has 1 heterocycles. The summed E-state index contributed by atoms with van der Waals surface area (Å²) in [7, 11) is 0. The summed E-state index contributed by atoms with van der Waals surface area (Å²) in [5.41, 5.74) is 1.18. The summed E-state index contributed by atoms with van der Waals surface area (Å²) in [6.07, 6.45) is 0. The number of aliphatic hydroxyl groups excluding tert-OH is 1. The van der Waals surface area contributed by atoms with E-state index in [9.17, 15) is 4.79 Å². The molecule has 1 aromatic rings. The quantitative estimate of drug-likeness (QED) is 0.844. The van der Waals surface area contributed by atoms with Crippen LogP contribution in [0.25, 0.3) is 0 Å². The highest BCUT2D eigenvalue weighted by molar-refractivity contribution is 5.96. The molecular formula is C13H21NO3. The van der Waals surface area contributed by atoms with Crippen molar-refractivity contribution in [3.63, 3.8) is 0 Å². The Bertz CT molecular complexity index is 419. The first-order chi connectivity index (χ1) is 7.78. The molecule has 2 N–H and O–H groups in total. The molecule has 0 unspecified atom stereocenters. The molecule has 4 heteroatoms. The van der Waals surface area contributed by atoms with Crippen LogP contribution in [0.2, 0.25) is 0 Å². The molecule has 0 saturated carbocycles. The van der Waals surface area contributed by atoms with Gasteiger partial charge in [0.2, 0.25) is 0 Å². The van der Waals surface area contributed by atoms with Crippen molar-refractivity contribution in [3.8, 4) is 0 Å². The molecule has 0 saturated heterocycles. The van der Waals surface area contributed by atoms with Crippen LogP contribution < -0.4 is 5.32 Å². The van der Waals surface area contributed by atoms with E-state index in [0.29, 0.717) is 17.9 Å². The number of hydrogen-bond donors (Lipinski definition) is 2. The maximum absolute atomic E-state index is 12.0. The summed E-state index contributed by atoms with van der Waals surface area (Å²) < 4.78 is 5.41. The third-order valence-corrected chi connectivity index (χ3v) is 2.94. The summed E-state index contributed by atoms with van der Waals surface area (Å²) in [6.45, 7) is 9.77. The van der Waals surface area contributed by atoms with Gasteiger partial charge >= 0.3 is 0 Å². The maximum Gasteiger partial charge on any atom is 0.255 e. The van der Waals surface area contributed by atoms with Crippen LogP contribution >= 0.6 is 0 Å². The smallest absolute Gasteiger partial charge is 0.255 e. The summed E-state index contributed by atoms with van der Waals surface area (Å²) in [5, 5.41) is 11.9. The lowest BCUT2D eigenvalue weighted by Gasteiger charge is -2.21. The zero-order chi connectivity index (χ0) is 13.2. The van der Waals surface area contributed by atoms with Gasteiger partial charge in [-0.2, -0.15) is 0 Å². The van der Waals surface area contributed by atoms with Gasteiger partial charge in [-0.25, -0.2) is 0 Å². The van der Waals surface area contributed by atoms with Crippen LogP contribution in [-0.2, 0) is 0 Å². The van der Waals surface area contributed by atoms with Crippen molar-refractivity contribution in [1.29, 1.82) is 0 Å². The molecule has 0 aromatic carbocycles. The van der Waals surface area contributed by atoms with Gasteiger partial charge in [-0.3, -0.25) is 4.79 Å². The lowest BCUT2D eigenvalue weighted by atomic mass is 9.95. The number of aliphatic hydroxyl groups is 1. The average Bonchev–Trinajstić information content (AvgIpc) is 2.50. The van der Waals surface area contributed by atoms with Crippen LogP contribution in [-0.4, -0.2) is 24.2 Å². The van der Waals surface area contributed by atoms with Crippen molar-refractivity contribution in [2.24, 2.45) is 5.41 Å². The third kappa shape index (κ3) is 3.09. The van der Waals surface area contributed by atoms with Gasteiger partial charge in [-0.15, -0.1) is 0 Å². The zero-order valence-corrected chi connectivity index (χ0v) is 11.2. The van der Waals surface area contributed by atoms with E-state index in [1.807, 2.05) is 27.7 Å². The molecule has 0 aliphatic heterocycles. The average molecular weight is 239 g/mol. The summed E-state index contributed by atoms with van der Waals surface area (Å²) >= 11 is 0. The summed E-state index contributed by atoms with van der Waals surface area (Å²) in [6, 6.07) is 0. The van der Waals surface area contributed by atoms with E-state index in [1.54, 1.807) is 6.92 Å². The van der Waals surface area contributed by atoms with E-state index in [-0.39, 0.29) is 17.9 Å². The Morgan fingerprint density at radius 1 is 1.29 bits per heavy atom. The molecule has 0 bridgehead atoms. The van der Waals surface area contributed by atoms with Gasteiger partial charge in [0.05, 0.1) is 5.56 Å². The van der Waals surface area contributed by atoms with Crippen LogP contribution in [0.15, 0.2) is 4.42 Å². The van der Waals surface area contributed by atoms with E-state index in [4.69, 9.17) is 9.52 Å². The van der Waals surface area contributed by atoms with Gasteiger partial charge in [0, 0.05) is 24.1 Å². The predicted octanol–water partition coefficient (Wildman–Crippen LogP) is 1.95. The number of aryl methyl sites for hydroxylation is 2. The Balaban J connectivity index is 2.78. The third-order valence-electron chi connectivity index (χ3n) is 2.94. The number of nitrogens with one attached hydrogen (secondary N) is 1. The minimum absolute atomic E-state index is 0.0374. The van der Waals surface area contributed by atoms with Crippen molar-refractivity contribution in [2.45, 2.75) is 34.6 Å². The molecule has 0 atom stereocenters. The van der Waals surface area contributed by atoms with Crippen molar-refractivity contribution in [3.05, 3.63) is 22.6 Å². The number of rotatable bonds is 4. The van der Waals surface area contributed by atoms with Crippen LogP contribution in [0.3, 0.4) is 0 Å². The van der Waals surface area contributed by atoms with Crippen molar-refractivity contribution >= 4 is 5.91 Å². The molecule has 0 radical (unpaired) electrons. The van der Waals surface area contributed by atoms with Gasteiger partial charge < -0.3 is 14.8 Å². The fourth-order valence-electron chi connectivity index (χ4n) is 1.59. The van der Waals surface area contributed by atoms with E-state index < -0.39 is 0 Å². The lowest BCUT2D eigenvalue weighted by molar-refractivity contribution is 0.0909. The van der Waals surface area contributed by atoms with Crippen LogP contribution in [0.5, 0.6) is 0 Å². The number of carbonyl (C=O) groups is 1. The number of hydrogen-bond acceptors (Lipinski definition) is 3. The first-order valence-corrected chi connectivity index (χ1v) is 5.74. The van der Waals surface area contributed by atoms with Crippen molar-refractivity contribution < 1.29 is 14.3 Å². The first-order valence-electron chi connectivity index (χ1n) is 5.74. The van der Waals surface area contributed by atoms with Gasteiger partial charge in [0.25, 0.3) is 5.91 Å². The molecule has 0 spiro atoms. The van der Waals surface area contributed by atoms with Gasteiger partial charge in [-0.1, -0.05) is 13.8 Å². The minimum atomic E-state index is -0.309. The molecule has 1 rings (SSSR count). The topological polar surface area (TPSA) is 62.5 Å². The zero-order valence-electron chi connectivity index (χ0n) is 11.2. The predicted molar refractivity (Wildman–Crippen MR) is 66.1 cm³/mol. The molecule has 17 heavy (non-hydrogen) atoms. The highest BCUT2D eigenvalue weighted by Crippen LogP contribution is 2.21. The van der Waals surface area contributed by atoms with Crippen LogP contribution in [0.4, 0.5) is 0 Å². The van der Waals surface area contributed by atoms with Crippen LogP contribution in [0.1, 0.15) is 41.3 Å². The Morgan fingerprint density at radius 2 is 1.88 bits per heavy atom. The largest absolute Gasteiger partial charge is 0.466 e. The van der Waals surface area contributed by atoms with E-state index in [0.717, 1.165) is 11.3 Å². The molecule has 0 fully saturated rings. The molecule has 1 amide bonds. The number of furan rings is 1. The lowest BCUT2D eigenvalue weighted by Crippen LogP contribution is -2.36. The second-order valence-electron chi connectivity index (χ2n) is 5.22. The fourth-order valence-corrected chi connectivity index (χ4v) is 1.59. The summed E-state index contributed by atoms with van der Waals surface area (Å²) in [5.74, 6) is 1.27. The Labute approximate surface area is 102 Å². The van der Waals surface area contributed by atoms with Gasteiger partial charge in [0.1, 0.15) is 11.5 Å². The SMILES string of the molecule is Cc1oc(C)c(C(=O)NCC(C)(C)CO)c1C. The van der Waals surface area contributed by atoms with Crippen molar-refractivity contribution in [2.75, 3.05) is 13.2 Å². The Kier molecular flexibility index (Phi) is 3.98. The fraction of sp³-hybridized carbons (Fsp3) is 0.615. The van der Waals surface area contributed by atoms with Gasteiger partial charge in [-0.05, 0) is 20.8 Å². The van der Waals surface area contributed by atoms with Crippen molar-refractivity contribution in [1.82, 2.24) is 5.32 Å². The van der Waals surface area contributed by atoms with E-state index in [1.165, 1.54) is 0 Å². The molecule has 4 nitrogen and oxygen atoms in total. The Morgan fingerprint density at radius 3 is 2.29 bits per heavy atom. The first kappa shape index (κ1) is 13.8. The number of carbonyl (C=O) groups excluding carboxylic acids is 1. The second kappa shape index (κ2) is 4.92. The van der Waals surface area contributed by atoms with E-state index in [2.05, 4.69) is 5.32 Å². The molecular weight excluding hydrogens is 218 g/mol. The highest BCUT2D eigenvalue weighted by Gasteiger charge is 2.22. The standard InChI is InChI=1S/C13H21NO3/c1-8-9(2)17-10(3)11(8)12(16)14-6-13(4,5)7-15/h15H,6-7H2,1-5H3,(H,14,16). The molecule has 0 aliphatic rings. The normalized spacial score (nSPS) is 11.6. The number of amides is 1. The van der Waals surface area contributed by atoms with Crippen LogP contribution in [0, 0.1) is 26.2 Å². The monoisotopic (exact) mass is 239 g/mol.